The number of rotatable bonds is 4. The molecule has 2 heterocycles. The highest BCUT2D eigenvalue weighted by molar-refractivity contribution is 5.54. The smallest absolute Gasteiger partial charge is 0.146 e. The van der Waals surface area contributed by atoms with Crippen LogP contribution < -0.4 is 10.2 Å². The summed E-state index contributed by atoms with van der Waals surface area (Å²) >= 11 is 0. The van der Waals surface area contributed by atoms with Gasteiger partial charge in [0, 0.05) is 31.9 Å². The number of anilines is 1. The lowest BCUT2D eigenvalue weighted by Crippen LogP contribution is -2.29. The number of hydrogen-bond acceptors (Lipinski definition) is 4. The molecule has 0 fully saturated rings. The standard InChI is InChI=1S/C15H21N5/c1-2-8-20-15(17-12-18-20)11-19-9-7-16-10-13-5-3-4-6-14(13)19/h3-6,12,16H,2,7-11H2,1H3. The van der Waals surface area contributed by atoms with Gasteiger partial charge in [0.25, 0.3) is 0 Å². The van der Waals surface area contributed by atoms with Gasteiger partial charge >= 0.3 is 0 Å². The third-order valence-corrected chi connectivity index (χ3v) is 3.67. The van der Waals surface area contributed by atoms with Gasteiger partial charge in [0.05, 0.1) is 6.54 Å². The molecule has 20 heavy (non-hydrogen) atoms. The van der Waals surface area contributed by atoms with E-state index in [2.05, 4.69) is 51.5 Å². The summed E-state index contributed by atoms with van der Waals surface area (Å²) in [4.78, 5) is 6.82. The van der Waals surface area contributed by atoms with Gasteiger partial charge < -0.3 is 10.2 Å². The first-order valence-electron chi connectivity index (χ1n) is 7.28. The predicted molar refractivity (Wildman–Crippen MR) is 79.5 cm³/mol. The highest BCUT2D eigenvalue weighted by atomic mass is 15.3. The van der Waals surface area contributed by atoms with E-state index in [9.17, 15) is 0 Å². The molecule has 0 radical (unpaired) electrons. The minimum Gasteiger partial charge on any atom is -0.362 e. The number of nitrogens with zero attached hydrogens (tertiary/aromatic N) is 4. The van der Waals surface area contributed by atoms with Crippen LogP contribution in [0.1, 0.15) is 24.7 Å². The van der Waals surface area contributed by atoms with E-state index in [-0.39, 0.29) is 0 Å². The number of para-hydroxylation sites is 1. The zero-order chi connectivity index (χ0) is 13.8. The van der Waals surface area contributed by atoms with Crippen molar-refractivity contribution < 1.29 is 0 Å². The van der Waals surface area contributed by atoms with Gasteiger partial charge in [-0.05, 0) is 18.1 Å². The fraction of sp³-hybridized carbons (Fsp3) is 0.467. The summed E-state index contributed by atoms with van der Waals surface area (Å²) < 4.78 is 2.01. The highest BCUT2D eigenvalue weighted by Crippen LogP contribution is 2.23. The van der Waals surface area contributed by atoms with Gasteiger partial charge in [-0.15, -0.1) is 0 Å². The molecule has 1 aliphatic rings. The molecule has 0 saturated carbocycles. The van der Waals surface area contributed by atoms with Gasteiger partial charge in [0.15, 0.2) is 0 Å². The lowest BCUT2D eigenvalue weighted by molar-refractivity contribution is 0.560. The van der Waals surface area contributed by atoms with Crippen molar-refractivity contribution in [2.75, 3.05) is 18.0 Å². The number of aromatic nitrogens is 3. The van der Waals surface area contributed by atoms with Gasteiger partial charge in [-0.3, -0.25) is 0 Å². The average molecular weight is 271 g/mol. The van der Waals surface area contributed by atoms with Gasteiger partial charge in [0.1, 0.15) is 12.2 Å². The molecule has 1 aromatic heterocycles. The quantitative estimate of drug-likeness (QED) is 0.921. The normalized spacial score (nSPS) is 14.9. The first-order chi connectivity index (χ1) is 9.88. The molecule has 106 valence electrons. The van der Waals surface area contributed by atoms with Gasteiger partial charge in [0.2, 0.25) is 0 Å². The maximum absolute atomic E-state index is 4.42. The third-order valence-electron chi connectivity index (χ3n) is 3.67. The van der Waals surface area contributed by atoms with E-state index in [1.165, 1.54) is 11.3 Å². The molecule has 2 aromatic rings. The van der Waals surface area contributed by atoms with E-state index < -0.39 is 0 Å². The van der Waals surface area contributed by atoms with Crippen LogP contribution in [0.25, 0.3) is 0 Å². The largest absolute Gasteiger partial charge is 0.362 e. The molecule has 1 N–H and O–H groups in total. The summed E-state index contributed by atoms with van der Waals surface area (Å²) in [5.74, 6) is 1.04. The van der Waals surface area contributed by atoms with Gasteiger partial charge in [-0.2, -0.15) is 5.10 Å². The average Bonchev–Trinajstić information content (AvgIpc) is 2.80. The van der Waals surface area contributed by atoms with Gasteiger partial charge in [-0.1, -0.05) is 25.1 Å². The fourth-order valence-corrected chi connectivity index (χ4v) is 2.67. The molecule has 0 unspecified atom stereocenters. The SMILES string of the molecule is CCCn1ncnc1CN1CCNCc2ccccc21. The van der Waals surface area contributed by atoms with E-state index in [4.69, 9.17) is 0 Å². The van der Waals surface area contributed by atoms with E-state index >= 15 is 0 Å². The van der Waals surface area contributed by atoms with E-state index in [1.807, 2.05) is 4.68 Å². The Hall–Kier alpha value is -1.88. The Balaban J connectivity index is 1.85. The van der Waals surface area contributed by atoms with E-state index in [1.54, 1.807) is 6.33 Å². The molecule has 1 aliphatic heterocycles. The number of aryl methyl sites for hydroxylation is 1. The lowest BCUT2D eigenvalue weighted by atomic mass is 10.1. The van der Waals surface area contributed by atoms with Crippen molar-refractivity contribution in [3.05, 3.63) is 42.0 Å². The van der Waals surface area contributed by atoms with Crippen molar-refractivity contribution in [2.45, 2.75) is 33.0 Å². The lowest BCUT2D eigenvalue weighted by Gasteiger charge is -2.24. The second kappa shape index (κ2) is 6.05. The zero-order valence-electron chi connectivity index (χ0n) is 11.9. The fourth-order valence-electron chi connectivity index (χ4n) is 2.67. The Morgan fingerprint density at radius 2 is 2.20 bits per heavy atom. The van der Waals surface area contributed by atoms with Crippen LogP contribution >= 0.6 is 0 Å². The topological polar surface area (TPSA) is 46.0 Å². The Bertz CT molecular complexity index is 563. The summed E-state index contributed by atoms with van der Waals surface area (Å²) in [6, 6.07) is 8.60. The van der Waals surface area contributed by atoms with Crippen LogP contribution in [0.15, 0.2) is 30.6 Å². The summed E-state index contributed by atoms with van der Waals surface area (Å²) in [6.45, 7) is 6.85. The van der Waals surface area contributed by atoms with Crippen LogP contribution in [0.3, 0.4) is 0 Å². The van der Waals surface area contributed by atoms with Crippen LogP contribution in [0.2, 0.25) is 0 Å². The molecule has 0 aliphatic carbocycles. The molecule has 0 atom stereocenters. The molecule has 0 bridgehead atoms. The van der Waals surface area contributed by atoms with Crippen molar-refractivity contribution >= 4 is 5.69 Å². The number of nitrogens with one attached hydrogen (secondary N) is 1. The molecule has 5 nitrogen and oxygen atoms in total. The Morgan fingerprint density at radius 3 is 3.10 bits per heavy atom. The van der Waals surface area contributed by atoms with Crippen LogP contribution in [-0.4, -0.2) is 27.9 Å². The van der Waals surface area contributed by atoms with Crippen LogP contribution in [0, 0.1) is 0 Å². The van der Waals surface area contributed by atoms with Crippen molar-refractivity contribution in [2.24, 2.45) is 0 Å². The molecule has 0 amide bonds. The summed E-state index contributed by atoms with van der Waals surface area (Å²) in [7, 11) is 0. The second-order valence-corrected chi connectivity index (χ2v) is 5.13. The molecular formula is C15H21N5. The van der Waals surface area contributed by atoms with Crippen LogP contribution in [0.4, 0.5) is 5.69 Å². The van der Waals surface area contributed by atoms with Crippen molar-refractivity contribution in [1.29, 1.82) is 0 Å². The molecule has 0 spiro atoms. The van der Waals surface area contributed by atoms with E-state index in [0.717, 1.165) is 45.0 Å². The monoisotopic (exact) mass is 271 g/mol. The molecular weight excluding hydrogens is 250 g/mol. The zero-order valence-corrected chi connectivity index (χ0v) is 11.9. The molecule has 1 aromatic carbocycles. The van der Waals surface area contributed by atoms with Crippen LogP contribution in [0.5, 0.6) is 0 Å². The Morgan fingerprint density at radius 1 is 1.30 bits per heavy atom. The first-order valence-corrected chi connectivity index (χ1v) is 7.28. The van der Waals surface area contributed by atoms with Crippen molar-refractivity contribution in [3.63, 3.8) is 0 Å². The third kappa shape index (κ3) is 2.67. The summed E-state index contributed by atoms with van der Waals surface area (Å²) in [6.07, 6.45) is 2.74. The van der Waals surface area contributed by atoms with E-state index in [0.29, 0.717) is 0 Å². The predicted octanol–water partition coefficient (Wildman–Crippen LogP) is 1.80. The van der Waals surface area contributed by atoms with Crippen LogP contribution in [-0.2, 0) is 19.6 Å². The number of benzene rings is 1. The second-order valence-electron chi connectivity index (χ2n) is 5.13. The maximum Gasteiger partial charge on any atom is 0.146 e. The minimum absolute atomic E-state index is 0.818. The summed E-state index contributed by atoms with van der Waals surface area (Å²) in [5, 5.41) is 7.78. The van der Waals surface area contributed by atoms with Crippen molar-refractivity contribution in [3.8, 4) is 0 Å². The maximum atomic E-state index is 4.42. The Labute approximate surface area is 119 Å². The summed E-state index contributed by atoms with van der Waals surface area (Å²) in [5.41, 5.74) is 2.66. The van der Waals surface area contributed by atoms with Crippen molar-refractivity contribution in [1.82, 2.24) is 20.1 Å². The number of hydrogen-bond donors (Lipinski definition) is 1. The highest BCUT2D eigenvalue weighted by Gasteiger charge is 2.16. The van der Waals surface area contributed by atoms with Gasteiger partial charge in [-0.25, -0.2) is 9.67 Å². The first kappa shape index (κ1) is 13.1. The minimum atomic E-state index is 0.818. The Kier molecular flexibility index (Phi) is 3.97. The molecule has 0 saturated heterocycles. The number of fused-ring (bicyclic) bond motifs is 1. The molecule has 3 rings (SSSR count). The molecule has 5 heteroatoms.